The van der Waals surface area contributed by atoms with Crippen LogP contribution in [-0.2, 0) is 4.79 Å². The summed E-state index contributed by atoms with van der Waals surface area (Å²) in [7, 11) is 0. The summed E-state index contributed by atoms with van der Waals surface area (Å²) in [4.78, 5) is 10.2. The Morgan fingerprint density at radius 2 is 1.16 bits per heavy atom. The van der Waals surface area contributed by atoms with Crippen LogP contribution in [0.4, 0.5) is 0 Å². The zero-order valence-electron chi connectivity index (χ0n) is 12.7. The summed E-state index contributed by atoms with van der Waals surface area (Å²) in [6.45, 7) is 4.16. The van der Waals surface area contributed by atoms with Crippen LogP contribution in [0.25, 0.3) is 0 Å². The fraction of sp³-hybridized carbons (Fsp3) is 0.929. The molecule has 0 aliphatic carbocycles. The van der Waals surface area contributed by atoms with E-state index in [9.17, 15) is 4.79 Å². The molecule has 0 saturated heterocycles. The molecule has 0 rings (SSSR count). The number of unbranched alkanes of at least 4 members (excludes halogenated alkanes) is 8. The fourth-order valence-corrected chi connectivity index (χ4v) is 1.59. The number of nitrogens with two attached hydrogens (primary N) is 2. The number of hydrogen-bond donors (Lipinski definition) is 4. The normalized spacial score (nSPS) is 8.89. The van der Waals surface area contributed by atoms with Gasteiger partial charge in [0.05, 0.1) is 0 Å². The molecule has 6 N–H and O–H groups in total. The predicted octanol–water partition coefficient (Wildman–Crippen LogP) is 2.81. The van der Waals surface area contributed by atoms with Crippen LogP contribution < -0.4 is 11.7 Å². The monoisotopic (exact) mass is 278 g/mol. The van der Waals surface area contributed by atoms with Gasteiger partial charge >= 0.3 is 5.97 Å². The molecule has 0 radical (unpaired) electrons. The van der Waals surface area contributed by atoms with Crippen LogP contribution in [-0.4, -0.2) is 22.8 Å². The SMILES string of the molecule is CCCCCCCCCCCC(=O)O.CCO.NN. The van der Waals surface area contributed by atoms with Gasteiger partial charge in [0.2, 0.25) is 0 Å². The number of aliphatic hydroxyl groups excluding tert-OH is 1. The predicted molar refractivity (Wildman–Crippen MR) is 80.6 cm³/mol. The lowest BCUT2D eigenvalue weighted by atomic mass is 10.1. The Labute approximate surface area is 118 Å². The highest BCUT2D eigenvalue weighted by Crippen LogP contribution is 2.10. The lowest BCUT2D eigenvalue weighted by molar-refractivity contribution is -0.137. The fourth-order valence-electron chi connectivity index (χ4n) is 1.59. The minimum Gasteiger partial charge on any atom is -0.481 e. The molecule has 0 unspecified atom stereocenters. The topological polar surface area (TPSA) is 110 Å². The van der Waals surface area contributed by atoms with Crippen molar-refractivity contribution in [2.45, 2.75) is 78.1 Å². The highest BCUT2D eigenvalue weighted by Gasteiger charge is 1.96. The Balaban J connectivity index is -0.000000445. The molecule has 0 aromatic rings. The number of carbonyl (C=O) groups is 1. The Hall–Kier alpha value is -0.650. The second-order valence-corrected chi connectivity index (χ2v) is 4.29. The average molecular weight is 278 g/mol. The van der Waals surface area contributed by atoms with Crippen LogP contribution in [0.15, 0.2) is 0 Å². The molecule has 0 aromatic carbocycles. The van der Waals surface area contributed by atoms with Crippen molar-refractivity contribution < 1.29 is 15.0 Å². The van der Waals surface area contributed by atoms with Crippen LogP contribution >= 0.6 is 0 Å². The lowest BCUT2D eigenvalue weighted by Gasteiger charge is -2.00. The minimum absolute atomic E-state index is 0.250. The van der Waals surface area contributed by atoms with Crippen LogP contribution in [0.3, 0.4) is 0 Å². The van der Waals surface area contributed by atoms with Crippen molar-refractivity contribution in [3.8, 4) is 0 Å². The summed E-state index contributed by atoms with van der Waals surface area (Å²) in [5, 5.41) is 16.0. The number of aliphatic carboxylic acids is 1. The summed E-state index contributed by atoms with van der Waals surface area (Å²) in [5.74, 6) is 7.34. The maximum atomic E-state index is 10.2. The van der Waals surface area contributed by atoms with E-state index in [1.165, 1.54) is 44.9 Å². The first-order valence-electron chi connectivity index (χ1n) is 7.35. The van der Waals surface area contributed by atoms with Crippen molar-refractivity contribution in [3.63, 3.8) is 0 Å². The zero-order valence-corrected chi connectivity index (χ0v) is 12.7. The van der Waals surface area contributed by atoms with E-state index in [4.69, 9.17) is 10.2 Å². The molecule has 118 valence electrons. The molecule has 0 saturated carbocycles. The van der Waals surface area contributed by atoms with Crippen LogP contribution in [0, 0.1) is 0 Å². The van der Waals surface area contributed by atoms with E-state index in [1.54, 1.807) is 6.92 Å². The minimum atomic E-state index is -0.659. The molecule has 0 fully saturated rings. The highest BCUT2D eigenvalue weighted by molar-refractivity contribution is 5.66. The van der Waals surface area contributed by atoms with Gasteiger partial charge in [0.25, 0.3) is 0 Å². The first-order valence-corrected chi connectivity index (χ1v) is 7.35. The van der Waals surface area contributed by atoms with E-state index in [1.807, 2.05) is 0 Å². The lowest BCUT2D eigenvalue weighted by Crippen LogP contribution is -2.02. The number of hydrazine groups is 1. The van der Waals surface area contributed by atoms with Crippen LogP contribution in [0.2, 0.25) is 0 Å². The van der Waals surface area contributed by atoms with Crippen molar-refractivity contribution in [3.05, 3.63) is 0 Å². The van der Waals surface area contributed by atoms with Gasteiger partial charge in [-0.2, -0.15) is 0 Å². The van der Waals surface area contributed by atoms with Gasteiger partial charge in [-0.15, -0.1) is 0 Å². The van der Waals surface area contributed by atoms with E-state index in [0.29, 0.717) is 6.42 Å². The Morgan fingerprint density at radius 3 is 1.47 bits per heavy atom. The van der Waals surface area contributed by atoms with E-state index in [0.717, 1.165) is 12.8 Å². The van der Waals surface area contributed by atoms with Crippen molar-refractivity contribution in [2.24, 2.45) is 11.7 Å². The molecule has 0 amide bonds. The van der Waals surface area contributed by atoms with Gasteiger partial charge in [-0.1, -0.05) is 58.3 Å². The van der Waals surface area contributed by atoms with E-state index < -0.39 is 5.97 Å². The number of carboxylic acid groups (broad SMARTS) is 1. The Morgan fingerprint density at radius 1 is 0.842 bits per heavy atom. The maximum absolute atomic E-state index is 10.2. The number of rotatable bonds is 10. The molecule has 0 aromatic heterocycles. The second kappa shape index (κ2) is 26.0. The number of carboxylic acids is 1. The second-order valence-electron chi connectivity index (χ2n) is 4.29. The van der Waals surface area contributed by atoms with Gasteiger partial charge in [0.15, 0.2) is 0 Å². The van der Waals surface area contributed by atoms with E-state index in [-0.39, 0.29) is 6.61 Å². The van der Waals surface area contributed by atoms with Gasteiger partial charge < -0.3 is 10.2 Å². The average Bonchev–Trinajstić information content (AvgIpc) is 2.40. The third kappa shape index (κ3) is 38.2. The van der Waals surface area contributed by atoms with Crippen LogP contribution in [0.5, 0.6) is 0 Å². The quantitative estimate of drug-likeness (QED) is 0.279. The molecule has 0 bridgehead atoms. The summed E-state index contributed by atoms with van der Waals surface area (Å²) in [6.07, 6.45) is 11.5. The Kier molecular flexibility index (Phi) is 32.1. The molecule has 5 nitrogen and oxygen atoms in total. The standard InChI is InChI=1S/C12H24O2.C2H6O.H4N2/c1-2-3-4-5-6-7-8-9-10-11-12(13)14;1-2-3;1-2/h2-11H2,1H3,(H,13,14);3H,2H2,1H3;1-2H2. The molecule has 0 atom stereocenters. The number of hydrogen-bond acceptors (Lipinski definition) is 4. The molecule has 0 spiro atoms. The van der Waals surface area contributed by atoms with Gasteiger partial charge in [-0.25, -0.2) is 0 Å². The molecule has 0 aliphatic rings. The van der Waals surface area contributed by atoms with E-state index in [2.05, 4.69) is 18.6 Å². The van der Waals surface area contributed by atoms with Crippen LogP contribution in [0.1, 0.15) is 78.1 Å². The first-order chi connectivity index (χ1) is 9.18. The van der Waals surface area contributed by atoms with Gasteiger partial charge in [-0.05, 0) is 13.3 Å². The Bertz CT molecular complexity index is 156. The zero-order chi connectivity index (χ0) is 15.4. The van der Waals surface area contributed by atoms with Crippen molar-refractivity contribution >= 4 is 5.97 Å². The largest absolute Gasteiger partial charge is 0.481 e. The molecule has 0 aliphatic heterocycles. The maximum Gasteiger partial charge on any atom is 0.303 e. The van der Waals surface area contributed by atoms with Gasteiger partial charge in [0, 0.05) is 13.0 Å². The molecule has 19 heavy (non-hydrogen) atoms. The third-order valence-corrected chi connectivity index (χ3v) is 2.49. The number of aliphatic hydroxyl groups is 1. The van der Waals surface area contributed by atoms with Crippen molar-refractivity contribution in [1.29, 1.82) is 0 Å². The first kappa shape index (κ1) is 23.4. The molecular weight excluding hydrogens is 244 g/mol. The van der Waals surface area contributed by atoms with E-state index >= 15 is 0 Å². The van der Waals surface area contributed by atoms with Gasteiger partial charge in [0.1, 0.15) is 0 Å². The molecule has 0 heterocycles. The third-order valence-electron chi connectivity index (χ3n) is 2.49. The van der Waals surface area contributed by atoms with Crippen molar-refractivity contribution in [1.82, 2.24) is 0 Å². The smallest absolute Gasteiger partial charge is 0.303 e. The summed E-state index contributed by atoms with van der Waals surface area (Å²) >= 11 is 0. The summed E-state index contributed by atoms with van der Waals surface area (Å²) in [5.41, 5.74) is 0. The molecule has 5 heteroatoms. The van der Waals surface area contributed by atoms with Crippen molar-refractivity contribution in [2.75, 3.05) is 6.61 Å². The summed E-state index contributed by atoms with van der Waals surface area (Å²) < 4.78 is 0. The highest BCUT2D eigenvalue weighted by atomic mass is 16.4. The molecular formula is C14H34N2O3. The van der Waals surface area contributed by atoms with Gasteiger partial charge in [-0.3, -0.25) is 16.5 Å². The summed E-state index contributed by atoms with van der Waals surface area (Å²) in [6, 6.07) is 0.